The molecule has 0 spiro atoms. The molecule has 4 rings (SSSR count). The number of carbonyl (C=O) groups is 1. The van der Waals surface area contributed by atoms with Gasteiger partial charge in [-0.15, -0.1) is 5.10 Å². The van der Waals surface area contributed by atoms with Crippen molar-refractivity contribution in [2.75, 3.05) is 0 Å². The predicted octanol–water partition coefficient (Wildman–Crippen LogP) is 4.37. The fraction of sp³-hybridized carbons (Fsp3) is 0. The molecule has 10 heteroatoms. The second-order valence-electron chi connectivity index (χ2n) is 6.47. The van der Waals surface area contributed by atoms with E-state index in [0.717, 1.165) is 28.7 Å². The molecule has 31 heavy (non-hydrogen) atoms. The molecule has 0 saturated carbocycles. The van der Waals surface area contributed by atoms with Crippen LogP contribution in [0, 0.1) is 5.82 Å². The average molecular weight is 502 g/mol. The van der Waals surface area contributed by atoms with Gasteiger partial charge >= 0.3 is 5.97 Å². The summed E-state index contributed by atoms with van der Waals surface area (Å²) in [6.07, 6.45) is 0. The van der Waals surface area contributed by atoms with Crippen LogP contribution < -0.4 is 0 Å². The van der Waals surface area contributed by atoms with Crippen LogP contribution >= 0.6 is 15.9 Å². The molecule has 0 amide bonds. The zero-order chi connectivity index (χ0) is 22.2. The van der Waals surface area contributed by atoms with Gasteiger partial charge < -0.3 is 5.11 Å². The van der Waals surface area contributed by atoms with Gasteiger partial charge in [0.15, 0.2) is 0 Å². The predicted molar refractivity (Wildman–Crippen MR) is 113 cm³/mol. The third-order valence-corrected chi connectivity index (χ3v) is 6.68. The number of halogens is 2. The molecule has 1 aromatic heterocycles. The quantitative estimate of drug-likeness (QED) is 0.407. The molecule has 7 nitrogen and oxygen atoms in total. The molecule has 1 N–H and O–H groups in total. The van der Waals surface area contributed by atoms with Crippen molar-refractivity contribution >= 4 is 31.7 Å². The van der Waals surface area contributed by atoms with Crippen LogP contribution in [0.5, 0.6) is 0 Å². The van der Waals surface area contributed by atoms with Gasteiger partial charge in [0.1, 0.15) is 11.5 Å². The van der Waals surface area contributed by atoms with Gasteiger partial charge in [-0.05, 0) is 54.6 Å². The fourth-order valence-electron chi connectivity index (χ4n) is 2.98. The number of rotatable bonds is 5. The minimum absolute atomic E-state index is 0.0118. The molecule has 156 valence electrons. The van der Waals surface area contributed by atoms with Crippen molar-refractivity contribution in [3.05, 3.63) is 88.6 Å². The van der Waals surface area contributed by atoms with Gasteiger partial charge in [-0.1, -0.05) is 39.3 Å². The van der Waals surface area contributed by atoms with Crippen molar-refractivity contribution < 1.29 is 22.7 Å². The Kier molecular flexibility index (Phi) is 5.42. The number of nitrogens with zero attached hydrogens (tertiary/aromatic N) is 3. The summed E-state index contributed by atoms with van der Waals surface area (Å²) < 4.78 is 41.9. The van der Waals surface area contributed by atoms with Crippen LogP contribution in [0.1, 0.15) is 10.4 Å². The minimum Gasteiger partial charge on any atom is -0.478 e. The van der Waals surface area contributed by atoms with Crippen molar-refractivity contribution in [2.45, 2.75) is 9.92 Å². The number of hydrogen-bond acceptors (Lipinski definition) is 5. The molecule has 0 aliphatic heterocycles. The number of benzene rings is 3. The molecule has 0 fully saturated rings. The van der Waals surface area contributed by atoms with Gasteiger partial charge in [-0.3, -0.25) is 0 Å². The number of hydrogen-bond donors (Lipinski definition) is 1. The summed E-state index contributed by atoms with van der Waals surface area (Å²) in [5.74, 6) is -1.70. The van der Waals surface area contributed by atoms with Crippen molar-refractivity contribution in [3.8, 4) is 16.9 Å². The molecule has 0 bridgehead atoms. The second-order valence-corrected chi connectivity index (χ2v) is 9.26. The lowest BCUT2D eigenvalue weighted by Gasteiger charge is -2.10. The minimum atomic E-state index is -4.15. The second kappa shape index (κ2) is 8.05. The van der Waals surface area contributed by atoms with E-state index in [4.69, 9.17) is 0 Å². The van der Waals surface area contributed by atoms with Crippen LogP contribution in [0.4, 0.5) is 4.39 Å². The Morgan fingerprint density at radius 1 is 1.00 bits per heavy atom. The average Bonchev–Trinajstić information content (AvgIpc) is 3.21. The highest BCUT2D eigenvalue weighted by molar-refractivity contribution is 9.10. The molecule has 1 heterocycles. The first-order chi connectivity index (χ1) is 14.8. The van der Waals surface area contributed by atoms with E-state index in [0.29, 0.717) is 11.3 Å². The Balaban J connectivity index is 1.97. The van der Waals surface area contributed by atoms with Crippen LogP contribution in [0.3, 0.4) is 0 Å². The topological polar surface area (TPSA) is 102 Å². The van der Waals surface area contributed by atoms with Gasteiger partial charge in [0.05, 0.1) is 16.1 Å². The van der Waals surface area contributed by atoms with Crippen molar-refractivity contribution in [1.82, 2.24) is 15.0 Å². The zero-order valence-electron chi connectivity index (χ0n) is 15.6. The molecular weight excluding hydrogens is 489 g/mol. The normalized spacial score (nSPS) is 11.4. The Morgan fingerprint density at radius 3 is 2.32 bits per heavy atom. The lowest BCUT2D eigenvalue weighted by Crippen LogP contribution is -2.06. The molecular formula is C21H13BrFN3O4S. The highest BCUT2D eigenvalue weighted by Gasteiger charge is 2.29. The van der Waals surface area contributed by atoms with Crippen LogP contribution in [0.25, 0.3) is 16.9 Å². The smallest absolute Gasteiger partial charge is 0.335 e. The van der Waals surface area contributed by atoms with E-state index in [-0.39, 0.29) is 21.2 Å². The summed E-state index contributed by atoms with van der Waals surface area (Å²) in [6, 6.07) is 17.1. The molecule has 0 atom stereocenters. The fourth-order valence-corrected chi connectivity index (χ4v) is 4.56. The molecule has 4 aromatic rings. The van der Waals surface area contributed by atoms with E-state index < -0.39 is 21.6 Å². The summed E-state index contributed by atoms with van der Waals surface area (Å²) >= 11 is 3.34. The molecule has 0 unspecified atom stereocenters. The van der Waals surface area contributed by atoms with E-state index in [9.17, 15) is 22.7 Å². The van der Waals surface area contributed by atoms with E-state index in [1.54, 1.807) is 30.3 Å². The van der Waals surface area contributed by atoms with E-state index in [1.165, 1.54) is 22.9 Å². The van der Waals surface area contributed by atoms with Crippen molar-refractivity contribution in [1.29, 1.82) is 0 Å². The SMILES string of the molecule is O=C(O)c1cccc(-n2nnc(S(=O)(=O)c3ccc(F)cc3)c2-c2ccc(Br)cc2)c1. The van der Waals surface area contributed by atoms with E-state index >= 15 is 0 Å². The Bertz CT molecular complexity index is 1390. The van der Waals surface area contributed by atoms with Crippen molar-refractivity contribution in [2.24, 2.45) is 0 Å². The monoisotopic (exact) mass is 501 g/mol. The maximum atomic E-state index is 13.3. The molecule has 0 radical (unpaired) electrons. The number of carboxylic acids is 1. The first-order valence-corrected chi connectivity index (χ1v) is 11.1. The van der Waals surface area contributed by atoms with E-state index in [2.05, 4.69) is 26.2 Å². The summed E-state index contributed by atoms with van der Waals surface area (Å²) in [7, 11) is -4.15. The Morgan fingerprint density at radius 2 is 1.68 bits per heavy atom. The van der Waals surface area contributed by atoms with Gasteiger partial charge in [-0.2, -0.15) is 0 Å². The van der Waals surface area contributed by atoms with E-state index in [1.807, 2.05) is 0 Å². The molecule has 0 aliphatic rings. The zero-order valence-corrected chi connectivity index (χ0v) is 18.0. The van der Waals surface area contributed by atoms with Crippen LogP contribution in [-0.2, 0) is 9.84 Å². The maximum absolute atomic E-state index is 13.3. The summed E-state index contributed by atoms with van der Waals surface area (Å²) in [4.78, 5) is 11.2. The highest BCUT2D eigenvalue weighted by atomic mass is 79.9. The van der Waals surface area contributed by atoms with Crippen molar-refractivity contribution in [3.63, 3.8) is 0 Å². The van der Waals surface area contributed by atoms with Crippen LogP contribution in [0.2, 0.25) is 0 Å². The third-order valence-electron chi connectivity index (χ3n) is 4.47. The lowest BCUT2D eigenvalue weighted by atomic mass is 10.1. The van der Waals surface area contributed by atoms with Gasteiger partial charge in [0.2, 0.25) is 14.9 Å². The Hall–Kier alpha value is -3.37. The maximum Gasteiger partial charge on any atom is 0.335 e. The number of aromatic nitrogens is 3. The molecule has 0 aliphatic carbocycles. The molecule has 0 saturated heterocycles. The number of aromatic carboxylic acids is 1. The standard InChI is InChI=1S/C21H13BrFN3O4S/c22-15-6-4-13(5-7-15)19-20(31(29,30)18-10-8-16(23)9-11-18)24-25-26(19)17-3-1-2-14(12-17)21(27)28/h1-12H,(H,27,28). The third kappa shape index (κ3) is 3.99. The largest absolute Gasteiger partial charge is 0.478 e. The van der Waals surface area contributed by atoms with Gasteiger partial charge in [-0.25, -0.2) is 22.3 Å². The Labute approximate surface area is 184 Å². The lowest BCUT2D eigenvalue weighted by molar-refractivity contribution is 0.0697. The first-order valence-electron chi connectivity index (χ1n) is 8.83. The highest BCUT2D eigenvalue weighted by Crippen LogP contribution is 2.32. The van der Waals surface area contributed by atoms with Crippen LogP contribution in [0.15, 0.2) is 87.2 Å². The van der Waals surface area contributed by atoms with Gasteiger partial charge in [0, 0.05) is 10.0 Å². The number of carboxylic acid groups (broad SMARTS) is 1. The van der Waals surface area contributed by atoms with Gasteiger partial charge in [0.25, 0.3) is 0 Å². The molecule has 3 aromatic carbocycles. The van der Waals surface area contributed by atoms with Crippen LogP contribution in [-0.4, -0.2) is 34.5 Å². The summed E-state index contributed by atoms with van der Waals surface area (Å²) in [6.45, 7) is 0. The number of sulfone groups is 1. The first kappa shape index (κ1) is 20.9. The summed E-state index contributed by atoms with van der Waals surface area (Å²) in [5.41, 5.74) is 0.984. The summed E-state index contributed by atoms with van der Waals surface area (Å²) in [5, 5.41) is 16.9.